The molecule has 0 aliphatic rings. The molecule has 74 valence electrons. The molecule has 0 saturated carbocycles. The zero-order valence-electron chi connectivity index (χ0n) is 7.50. The van der Waals surface area contributed by atoms with Crippen LogP contribution < -0.4 is 5.73 Å². The summed E-state index contributed by atoms with van der Waals surface area (Å²) < 4.78 is 0. The highest BCUT2D eigenvalue weighted by Gasteiger charge is 2.07. The summed E-state index contributed by atoms with van der Waals surface area (Å²) in [6, 6.07) is 4.91. The predicted molar refractivity (Wildman–Crippen MR) is 54.4 cm³/mol. The normalized spacial score (nSPS) is 9.79. The number of nitrogens with two attached hydrogens (primary N) is 1. The minimum absolute atomic E-state index is 0.377. The molecule has 1 aromatic carbocycles. The van der Waals surface area contributed by atoms with Crippen molar-refractivity contribution in [2.45, 2.75) is 12.8 Å². The summed E-state index contributed by atoms with van der Waals surface area (Å²) in [6.07, 6.45) is 1.69. The molecule has 1 amide bonds. The fourth-order valence-electron chi connectivity index (χ4n) is 1.21. The number of aldehydes is 1. The SMILES string of the molecule is NC(=O)c1cc(Cl)ccc1CCC=O. The van der Waals surface area contributed by atoms with E-state index in [1.165, 1.54) is 6.07 Å². The number of benzene rings is 1. The molecular formula is C10H10ClNO2. The topological polar surface area (TPSA) is 60.2 Å². The third kappa shape index (κ3) is 2.57. The number of primary amides is 1. The van der Waals surface area contributed by atoms with Gasteiger partial charge in [-0.3, -0.25) is 4.79 Å². The van der Waals surface area contributed by atoms with Crippen LogP contribution in [0.15, 0.2) is 18.2 Å². The van der Waals surface area contributed by atoms with Gasteiger partial charge in [0.25, 0.3) is 0 Å². The molecule has 0 aliphatic carbocycles. The van der Waals surface area contributed by atoms with E-state index in [0.717, 1.165) is 11.8 Å². The van der Waals surface area contributed by atoms with Gasteiger partial charge in [0.05, 0.1) is 0 Å². The van der Waals surface area contributed by atoms with Crippen LogP contribution in [0.1, 0.15) is 22.3 Å². The van der Waals surface area contributed by atoms with E-state index in [9.17, 15) is 9.59 Å². The summed E-state index contributed by atoms with van der Waals surface area (Å²) in [5, 5.41) is 0.466. The lowest BCUT2D eigenvalue weighted by molar-refractivity contribution is -0.107. The zero-order chi connectivity index (χ0) is 10.6. The zero-order valence-corrected chi connectivity index (χ0v) is 8.25. The molecule has 0 aliphatic heterocycles. The molecule has 1 rings (SSSR count). The summed E-state index contributed by atoms with van der Waals surface area (Å²) in [4.78, 5) is 21.2. The van der Waals surface area contributed by atoms with Crippen molar-refractivity contribution in [3.63, 3.8) is 0 Å². The quantitative estimate of drug-likeness (QED) is 0.769. The van der Waals surface area contributed by atoms with Crippen LogP contribution >= 0.6 is 11.6 Å². The molecular weight excluding hydrogens is 202 g/mol. The fraction of sp³-hybridized carbons (Fsp3) is 0.200. The van der Waals surface area contributed by atoms with Crippen LogP contribution in [0, 0.1) is 0 Å². The van der Waals surface area contributed by atoms with E-state index in [2.05, 4.69) is 0 Å². The van der Waals surface area contributed by atoms with Gasteiger partial charge in [0, 0.05) is 17.0 Å². The second-order valence-corrected chi connectivity index (χ2v) is 3.31. The van der Waals surface area contributed by atoms with E-state index >= 15 is 0 Å². The molecule has 0 radical (unpaired) electrons. The molecule has 4 heteroatoms. The Hall–Kier alpha value is -1.35. The Balaban J connectivity index is 3.01. The number of hydrogen-bond acceptors (Lipinski definition) is 2. The summed E-state index contributed by atoms with van der Waals surface area (Å²) in [7, 11) is 0. The first-order valence-corrected chi connectivity index (χ1v) is 4.55. The third-order valence-electron chi connectivity index (χ3n) is 1.87. The Morgan fingerprint density at radius 3 is 2.79 bits per heavy atom. The number of hydrogen-bond donors (Lipinski definition) is 1. The van der Waals surface area contributed by atoms with Gasteiger partial charge in [-0.15, -0.1) is 0 Å². The van der Waals surface area contributed by atoms with Crippen LogP contribution in [0.4, 0.5) is 0 Å². The first-order chi connectivity index (χ1) is 6.65. The summed E-state index contributed by atoms with van der Waals surface area (Å²) >= 11 is 5.72. The van der Waals surface area contributed by atoms with Crippen molar-refractivity contribution in [3.05, 3.63) is 34.3 Å². The van der Waals surface area contributed by atoms with Crippen molar-refractivity contribution < 1.29 is 9.59 Å². The van der Waals surface area contributed by atoms with E-state index in [1.807, 2.05) is 0 Å². The van der Waals surface area contributed by atoms with Gasteiger partial charge < -0.3 is 10.5 Å². The van der Waals surface area contributed by atoms with Crippen molar-refractivity contribution >= 4 is 23.8 Å². The Labute approximate surface area is 86.9 Å². The molecule has 0 atom stereocenters. The highest BCUT2D eigenvalue weighted by Crippen LogP contribution is 2.16. The van der Waals surface area contributed by atoms with Gasteiger partial charge in [0.15, 0.2) is 0 Å². The van der Waals surface area contributed by atoms with E-state index in [4.69, 9.17) is 17.3 Å². The monoisotopic (exact) mass is 211 g/mol. The number of halogens is 1. The summed E-state index contributed by atoms with van der Waals surface area (Å²) in [6.45, 7) is 0. The minimum Gasteiger partial charge on any atom is -0.366 e. The van der Waals surface area contributed by atoms with E-state index in [1.54, 1.807) is 12.1 Å². The molecule has 0 saturated heterocycles. The highest BCUT2D eigenvalue weighted by molar-refractivity contribution is 6.31. The average molecular weight is 212 g/mol. The lowest BCUT2D eigenvalue weighted by Crippen LogP contribution is -2.13. The first-order valence-electron chi connectivity index (χ1n) is 4.17. The molecule has 0 fully saturated rings. The largest absolute Gasteiger partial charge is 0.366 e. The molecule has 0 bridgehead atoms. The molecule has 3 nitrogen and oxygen atoms in total. The highest BCUT2D eigenvalue weighted by atomic mass is 35.5. The maximum Gasteiger partial charge on any atom is 0.249 e. The van der Waals surface area contributed by atoms with Crippen LogP contribution in [-0.4, -0.2) is 12.2 Å². The number of amides is 1. The average Bonchev–Trinajstić information content (AvgIpc) is 2.15. The number of rotatable bonds is 4. The summed E-state index contributed by atoms with van der Waals surface area (Å²) in [5.41, 5.74) is 6.32. The van der Waals surface area contributed by atoms with E-state index < -0.39 is 5.91 Å². The Bertz CT molecular complexity index is 363. The fourth-order valence-corrected chi connectivity index (χ4v) is 1.38. The molecule has 0 heterocycles. The van der Waals surface area contributed by atoms with Gasteiger partial charge >= 0.3 is 0 Å². The third-order valence-corrected chi connectivity index (χ3v) is 2.10. The number of carbonyl (C=O) groups excluding carboxylic acids is 2. The Morgan fingerprint density at radius 1 is 1.50 bits per heavy atom. The molecule has 2 N–H and O–H groups in total. The van der Waals surface area contributed by atoms with Crippen molar-refractivity contribution in [1.29, 1.82) is 0 Å². The van der Waals surface area contributed by atoms with Crippen molar-refractivity contribution in [3.8, 4) is 0 Å². The Kier molecular flexibility index (Phi) is 3.65. The standard InChI is InChI=1S/C10H10ClNO2/c11-8-4-3-7(2-1-5-13)9(6-8)10(12)14/h3-6H,1-2H2,(H2,12,14). The van der Waals surface area contributed by atoms with Gasteiger partial charge in [-0.05, 0) is 24.1 Å². The molecule has 0 aromatic heterocycles. The van der Waals surface area contributed by atoms with Gasteiger partial charge in [-0.1, -0.05) is 17.7 Å². The van der Waals surface area contributed by atoms with Gasteiger partial charge in [0.2, 0.25) is 5.91 Å². The van der Waals surface area contributed by atoms with Crippen LogP contribution in [0.25, 0.3) is 0 Å². The van der Waals surface area contributed by atoms with E-state index in [-0.39, 0.29) is 0 Å². The Morgan fingerprint density at radius 2 is 2.21 bits per heavy atom. The second kappa shape index (κ2) is 4.77. The van der Waals surface area contributed by atoms with E-state index in [0.29, 0.717) is 23.4 Å². The van der Waals surface area contributed by atoms with Gasteiger partial charge in [0.1, 0.15) is 6.29 Å². The van der Waals surface area contributed by atoms with Gasteiger partial charge in [-0.25, -0.2) is 0 Å². The first kappa shape index (κ1) is 10.7. The maximum absolute atomic E-state index is 11.0. The van der Waals surface area contributed by atoms with Crippen molar-refractivity contribution in [2.75, 3.05) is 0 Å². The van der Waals surface area contributed by atoms with Crippen LogP contribution in [0.2, 0.25) is 5.02 Å². The summed E-state index contributed by atoms with van der Waals surface area (Å²) in [5.74, 6) is -0.520. The smallest absolute Gasteiger partial charge is 0.249 e. The molecule has 0 unspecified atom stereocenters. The number of carbonyl (C=O) groups is 2. The van der Waals surface area contributed by atoms with Crippen LogP contribution in [0.5, 0.6) is 0 Å². The van der Waals surface area contributed by atoms with Crippen molar-refractivity contribution in [2.24, 2.45) is 5.73 Å². The lowest BCUT2D eigenvalue weighted by atomic mass is 10.0. The molecule has 1 aromatic rings. The van der Waals surface area contributed by atoms with Gasteiger partial charge in [-0.2, -0.15) is 0 Å². The number of aryl methyl sites for hydroxylation is 1. The predicted octanol–water partition coefficient (Wildman–Crippen LogP) is 1.57. The molecule has 14 heavy (non-hydrogen) atoms. The minimum atomic E-state index is -0.520. The molecule has 0 spiro atoms. The van der Waals surface area contributed by atoms with Crippen molar-refractivity contribution in [1.82, 2.24) is 0 Å². The van der Waals surface area contributed by atoms with Crippen LogP contribution in [0.3, 0.4) is 0 Å². The van der Waals surface area contributed by atoms with Crippen LogP contribution in [-0.2, 0) is 11.2 Å². The lowest BCUT2D eigenvalue weighted by Gasteiger charge is -2.04. The maximum atomic E-state index is 11.0. The second-order valence-electron chi connectivity index (χ2n) is 2.87.